The lowest BCUT2D eigenvalue weighted by Crippen LogP contribution is -2.33. The van der Waals surface area contributed by atoms with E-state index in [4.69, 9.17) is 4.74 Å². The molecule has 2 aliphatic heterocycles. The molecule has 0 unspecified atom stereocenters. The highest BCUT2D eigenvalue weighted by atomic mass is 19.1. The Morgan fingerprint density at radius 1 is 1.00 bits per heavy atom. The Labute approximate surface area is 140 Å². The number of halogens is 1. The summed E-state index contributed by atoms with van der Waals surface area (Å²) >= 11 is 0. The molecule has 5 heteroatoms. The van der Waals surface area contributed by atoms with Crippen LogP contribution in [-0.2, 0) is 4.74 Å². The van der Waals surface area contributed by atoms with Crippen molar-refractivity contribution in [3.8, 4) is 0 Å². The van der Waals surface area contributed by atoms with E-state index in [-0.39, 0.29) is 11.9 Å². The molecule has 4 nitrogen and oxygen atoms in total. The number of ether oxygens (including phenoxy) is 1. The van der Waals surface area contributed by atoms with E-state index in [9.17, 15) is 4.39 Å². The molecule has 1 N–H and O–H groups in total. The van der Waals surface area contributed by atoms with Crippen LogP contribution >= 0.6 is 0 Å². The van der Waals surface area contributed by atoms with Crippen LogP contribution in [0.1, 0.15) is 22.8 Å². The molecule has 24 heavy (non-hydrogen) atoms. The maximum atomic E-state index is 13.0. The van der Waals surface area contributed by atoms with Gasteiger partial charge < -0.3 is 10.1 Å². The first-order valence-electron chi connectivity index (χ1n) is 8.10. The van der Waals surface area contributed by atoms with Gasteiger partial charge in [-0.15, -0.1) is 0 Å². The Bertz CT molecular complexity index is 775. The number of benzene rings is 2. The van der Waals surface area contributed by atoms with Crippen LogP contribution in [-0.4, -0.2) is 37.8 Å². The molecule has 0 spiro atoms. The smallest absolute Gasteiger partial charge is 0.155 e. The molecule has 0 aromatic heterocycles. The minimum absolute atomic E-state index is 0.108. The molecule has 0 amide bonds. The second kappa shape index (κ2) is 6.63. The van der Waals surface area contributed by atoms with Crippen molar-refractivity contribution < 1.29 is 9.13 Å². The molecule has 1 fully saturated rings. The van der Waals surface area contributed by atoms with E-state index in [0.717, 1.165) is 47.9 Å². The van der Waals surface area contributed by atoms with Gasteiger partial charge in [-0.1, -0.05) is 36.4 Å². The van der Waals surface area contributed by atoms with Gasteiger partial charge in [0.2, 0.25) is 0 Å². The summed E-state index contributed by atoms with van der Waals surface area (Å²) in [6.07, 6.45) is 0.108. The molecular weight excluding hydrogens is 305 g/mol. The van der Waals surface area contributed by atoms with Crippen molar-refractivity contribution in [1.82, 2.24) is 5.32 Å². The van der Waals surface area contributed by atoms with Crippen LogP contribution in [0.4, 0.5) is 4.39 Å². The average Bonchev–Trinajstić information content (AvgIpc) is 3.13. The van der Waals surface area contributed by atoms with Crippen molar-refractivity contribution in [2.75, 3.05) is 26.2 Å². The summed E-state index contributed by atoms with van der Waals surface area (Å²) in [4.78, 5) is 9.10. The number of morpholine rings is 1. The molecule has 2 aromatic carbocycles. The lowest BCUT2D eigenvalue weighted by molar-refractivity contribution is 0.0277. The standard InChI is InChI=1S/C19H18FN3O/c20-16-7-5-13(6-8-16)17-11-22-19(23-17)15-3-1-14(2-4-15)18-12-21-9-10-24-18/h1-8,18,21H,9-12H2/t18-/m0/s1. The molecule has 0 bridgehead atoms. The van der Waals surface area contributed by atoms with Crippen molar-refractivity contribution in [2.45, 2.75) is 6.10 Å². The largest absolute Gasteiger partial charge is 0.371 e. The fourth-order valence-electron chi connectivity index (χ4n) is 2.93. The molecule has 0 radical (unpaired) electrons. The zero-order chi connectivity index (χ0) is 16.4. The van der Waals surface area contributed by atoms with E-state index in [1.54, 1.807) is 12.1 Å². The fraction of sp³-hybridized carbons (Fsp3) is 0.263. The minimum Gasteiger partial charge on any atom is -0.371 e. The summed E-state index contributed by atoms with van der Waals surface area (Å²) in [6.45, 7) is 3.02. The summed E-state index contributed by atoms with van der Waals surface area (Å²) < 4.78 is 18.8. The van der Waals surface area contributed by atoms with Gasteiger partial charge in [0, 0.05) is 18.7 Å². The Morgan fingerprint density at radius 3 is 2.46 bits per heavy atom. The predicted octanol–water partition coefficient (Wildman–Crippen LogP) is 2.74. The molecule has 1 atom stereocenters. The summed E-state index contributed by atoms with van der Waals surface area (Å²) in [5.41, 5.74) is 3.93. The van der Waals surface area contributed by atoms with Crippen molar-refractivity contribution in [3.05, 3.63) is 71.0 Å². The van der Waals surface area contributed by atoms with Crippen molar-refractivity contribution in [1.29, 1.82) is 0 Å². The Balaban J connectivity index is 1.50. The van der Waals surface area contributed by atoms with Crippen molar-refractivity contribution in [3.63, 3.8) is 0 Å². The SMILES string of the molecule is Fc1ccc(C2=NC(c3ccc([C@@H]4CNCCO4)cc3)=NC2)cc1. The highest BCUT2D eigenvalue weighted by Gasteiger charge is 2.17. The second-order valence-corrected chi connectivity index (χ2v) is 5.89. The summed E-state index contributed by atoms with van der Waals surface area (Å²) in [5.74, 6) is 0.483. The normalized spacial score (nSPS) is 20.6. The number of hydrogen-bond donors (Lipinski definition) is 1. The van der Waals surface area contributed by atoms with Crippen LogP contribution in [0.3, 0.4) is 0 Å². The molecule has 2 aromatic rings. The van der Waals surface area contributed by atoms with E-state index in [2.05, 4.69) is 27.4 Å². The summed E-state index contributed by atoms with van der Waals surface area (Å²) in [6, 6.07) is 14.6. The van der Waals surface area contributed by atoms with Crippen molar-refractivity contribution in [2.24, 2.45) is 9.98 Å². The third-order valence-corrected chi connectivity index (χ3v) is 4.27. The zero-order valence-electron chi connectivity index (χ0n) is 13.2. The highest BCUT2D eigenvalue weighted by molar-refractivity contribution is 6.17. The van der Waals surface area contributed by atoms with E-state index in [1.807, 2.05) is 12.1 Å². The van der Waals surface area contributed by atoms with E-state index < -0.39 is 0 Å². The number of amidine groups is 1. The van der Waals surface area contributed by atoms with Crippen LogP contribution in [0.25, 0.3) is 0 Å². The second-order valence-electron chi connectivity index (χ2n) is 5.89. The molecule has 2 aliphatic rings. The van der Waals surface area contributed by atoms with Crippen LogP contribution in [0.5, 0.6) is 0 Å². The molecule has 122 valence electrons. The Hall–Kier alpha value is -2.37. The summed E-state index contributed by atoms with van der Waals surface area (Å²) in [5, 5.41) is 3.33. The number of hydrogen-bond acceptors (Lipinski definition) is 4. The number of nitrogens with zero attached hydrogens (tertiary/aromatic N) is 2. The quantitative estimate of drug-likeness (QED) is 0.944. The van der Waals surface area contributed by atoms with Crippen LogP contribution < -0.4 is 5.32 Å². The van der Waals surface area contributed by atoms with Gasteiger partial charge in [0.05, 0.1) is 25.0 Å². The first-order valence-corrected chi connectivity index (χ1v) is 8.10. The third kappa shape index (κ3) is 3.13. The van der Waals surface area contributed by atoms with Crippen LogP contribution in [0, 0.1) is 5.82 Å². The van der Waals surface area contributed by atoms with Gasteiger partial charge in [-0.2, -0.15) is 0 Å². The van der Waals surface area contributed by atoms with Gasteiger partial charge in [-0.05, 0) is 23.3 Å². The minimum atomic E-state index is -0.242. The van der Waals surface area contributed by atoms with Gasteiger partial charge in [0.25, 0.3) is 0 Å². The van der Waals surface area contributed by atoms with Crippen LogP contribution in [0.15, 0.2) is 58.5 Å². The number of nitrogens with one attached hydrogen (secondary N) is 1. The topological polar surface area (TPSA) is 46.0 Å². The first kappa shape index (κ1) is 15.2. The Kier molecular flexibility index (Phi) is 4.19. The van der Waals surface area contributed by atoms with E-state index in [1.165, 1.54) is 12.1 Å². The van der Waals surface area contributed by atoms with Gasteiger partial charge in [0.15, 0.2) is 5.84 Å². The van der Waals surface area contributed by atoms with Gasteiger partial charge in [0.1, 0.15) is 5.82 Å². The van der Waals surface area contributed by atoms with Gasteiger partial charge in [-0.3, -0.25) is 4.99 Å². The Morgan fingerprint density at radius 2 is 1.75 bits per heavy atom. The molecular formula is C19H18FN3O. The molecule has 4 rings (SSSR count). The molecule has 2 heterocycles. The number of aliphatic imine (C=N–C) groups is 2. The molecule has 0 aliphatic carbocycles. The maximum absolute atomic E-state index is 13.0. The monoisotopic (exact) mass is 323 g/mol. The first-order chi connectivity index (χ1) is 11.8. The highest BCUT2D eigenvalue weighted by Crippen LogP contribution is 2.20. The predicted molar refractivity (Wildman–Crippen MR) is 92.3 cm³/mol. The van der Waals surface area contributed by atoms with E-state index >= 15 is 0 Å². The van der Waals surface area contributed by atoms with Gasteiger partial charge in [-0.25, -0.2) is 9.38 Å². The third-order valence-electron chi connectivity index (χ3n) is 4.27. The lowest BCUT2D eigenvalue weighted by atomic mass is 10.1. The van der Waals surface area contributed by atoms with E-state index in [0.29, 0.717) is 6.54 Å². The fourth-order valence-corrected chi connectivity index (χ4v) is 2.93. The number of rotatable bonds is 3. The maximum Gasteiger partial charge on any atom is 0.155 e. The zero-order valence-corrected chi connectivity index (χ0v) is 13.2. The lowest BCUT2D eigenvalue weighted by Gasteiger charge is -2.24. The average molecular weight is 323 g/mol. The summed E-state index contributed by atoms with van der Waals surface area (Å²) in [7, 11) is 0. The van der Waals surface area contributed by atoms with Crippen LogP contribution in [0.2, 0.25) is 0 Å². The molecule has 0 saturated carbocycles. The van der Waals surface area contributed by atoms with Crippen molar-refractivity contribution >= 4 is 11.5 Å². The van der Waals surface area contributed by atoms with Gasteiger partial charge >= 0.3 is 0 Å². The molecule has 1 saturated heterocycles.